The predicted molar refractivity (Wildman–Crippen MR) is 133 cm³/mol. The summed E-state index contributed by atoms with van der Waals surface area (Å²) in [5.41, 5.74) is 1.49. The van der Waals surface area contributed by atoms with Crippen LogP contribution >= 0.6 is 0 Å². The molecule has 0 unspecified atom stereocenters. The number of nitrogens with zero attached hydrogens (tertiary/aromatic N) is 3. The molecule has 1 saturated heterocycles. The van der Waals surface area contributed by atoms with Crippen molar-refractivity contribution in [3.63, 3.8) is 0 Å². The van der Waals surface area contributed by atoms with Crippen LogP contribution in [-0.2, 0) is 6.42 Å². The van der Waals surface area contributed by atoms with Crippen molar-refractivity contribution in [1.82, 2.24) is 14.5 Å². The normalized spacial score (nSPS) is 16.5. The number of hydrogen-bond acceptors (Lipinski definition) is 4. The highest BCUT2D eigenvalue weighted by molar-refractivity contribution is 5.96. The van der Waals surface area contributed by atoms with E-state index in [1.807, 2.05) is 55.5 Å². The highest BCUT2D eigenvalue weighted by atomic mass is 16.3. The molecular formula is C28H33N3O3. The third kappa shape index (κ3) is 4.76. The molecule has 6 heteroatoms. The maximum Gasteiger partial charge on any atom is 0.270 e. The number of likely N-dealkylation sites (tertiary alicyclic amines) is 1. The molecule has 1 amide bonds. The number of carbonyl (C=O) groups is 1. The van der Waals surface area contributed by atoms with E-state index in [4.69, 9.17) is 0 Å². The fourth-order valence-corrected chi connectivity index (χ4v) is 4.93. The van der Waals surface area contributed by atoms with Gasteiger partial charge in [-0.3, -0.25) is 14.2 Å². The lowest BCUT2D eigenvalue weighted by Gasteiger charge is -2.24. The van der Waals surface area contributed by atoms with E-state index in [-0.39, 0.29) is 17.5 Å². The zero-order valence-corrected chi connectivity index (χ0v) is 20.0. The number of carbonyl (C=O) groups excluding carboxylic acids is 1. The minimum atomic E-state index is -0.456. The Hall–Kier alpha value is -3.41. The van der Waals surface area contributed by atoms with Gasteiger partial charge in [0.2, 0.25) is 5.88 Å². The first-order valence-corrected chi connectivity index (χ1v) is 12.3. The first-order valence-electron chi connectivity index (χ1n) is 12.3. The zero-order chi connectivity index (χ0) is 24.1. The van der Waals surface area contributed by atoms with Crippen molar-refractivity contribution in [2.75, 3.05) is 13.1 Å². The van der Waals surface area contributed by atoms with Gasteiger partial charge in [0.25, 0.3) is 11.5 Å². The van der Waals surface area contributed by atoms with Crippen LogP contribution in [0.2, 0.25) is 0 Å². The monoisotopic (exact) mass is 459 g/mol. The van der Waals surface area contributed by atoms with Crippen molar-refractivity contribution in [2.45, 2.75) is 57.9 Å². The van der Waals surface area contributed by atoms with E-state index in [1.165, 1.54) is 5.56 Å². The second kappa shape index (κ2) is 10.7. The summed E-state index contributed by atoms with van der Waals surface area (Å²) in [4.78, 5) is 33.4. The Balaban J connectivity index is 1.72. The van der Waals surface area contributed by atoms with Gasteiger partial charge in [0, 0.05) is 25.4 Å². The minimum Gasteiger partial charge on any atom is -0.493 e. The second-order valence-corrected chi connectivity index (χ2v) is 8.99. The Kier molecular flexibility index (Phi) is 7.46. The van der Waals surface area contributed by atoms with Crippen LogP contribution in [0.3, 0.4) is 0 Å². The van der Waals surface area contributed by atoms with Gasteiger partial charge in [0.15, 0.2) is 5.56 Å². The van der Waals surface area contributed by atoms with Crippen LogP contribution in [0.4, 0.5) is 0 Å². The van der Waals surface area contributed by atoms with Crippen molar-refractivity contribution in [3.05, 3.63) is 93.5 Å². The van der Waals surface area contributed by atoms with E-state index in [9.17, 15) is 14.7 Å². The van der Waals surface area contributed by atoms with Crippen LogP contribution in [0, 0.1) is 0 Å². The molecule has 1 aliphatic rings. The van der Waals surface area contributed by atoms with E-state index < -0.39 is 17.3 Å². The lowest BCUT2D eigenvalue weighted by Crippen LogP contribution is -2.38. The van der Waals surface area contributed by atoms with Gasteiger partial charge < -0.3 is 10.0 Å². The van der Waals surface area contributed by atoms with Crippen LogP contribution in [0.25, 0.3) is 0 Å². The fourth-order valence-electron chi connectivity index (χ4n) is 4.93. The predicted octanol–water partition coefficient (Wildman–Crippen LogP) is 4.92. The van der Waals surface area contributed by atoms with Gasteiger partial charge in [-0.05, 0) is 30.4 Å². The molecule has 0 spiro atoms. The van der Waals surface area contributed by atoms with Crippen LogP contribution in [-0.4, -0.2) is 38.6 Å². The average Bonchev–Trinajstić information content (AvgIpc) is 3.36. The van der Waals surface area contributed by atoms with Gasteiger partial charge in [-0.25, -0.2) is 0 Å². The van der Waals surface area contributed by atoms with Gasteiger partial charge in [-0.1, -0.05) is 80.9 Å². The van der Waals surface area contributed by atoms with Crippen LogP contribution < -0.4 is 5.56 Å². The maximum atomic E-state index is 13.8. The van der Waals surface area contributed by atoms with Gasteiger partial charge in [-0.2, -0.15) is 4.98 Å². The lowest BCUT2D eigenvalue weighted by atomic mass is 9.99. The number of amides is 1. The first kappa shape index (κ1) is 23.7. The summed E-state index contributed by atoms with van der Waals surface area (Å²) < 4.78 is 1.64. The van der Waals surface area contributed by atoms with Crippen molar-refractivity contribution in [1.29, 1.82) is 0 Å². The highest BCUT2D eigenvalue weighted by Gasteiger charge is 2.33. The largest absolute Gasteiger partial charge is 0.493 e. The third-order valence-corrected chi connectivity index (χ3v) is 6.77. The third-order valence-electron chi connectivity index (χ3n) is 6.77. The van der Waals surface area contributed by atoms with E-state index in [2.05, 4.69) is 24.0 Å². The molecule has 2 atom stereocenters. The number of aromatic hydroxyl groups is 1. The van der Waals surface area contributed by atoms with E-state index >= 15 is 0 Å². The summed E-state index contributed by atoms with van der Waals surface area (Å²) in [5.74, 6) is -0.144. The lowest BCUT2D eigenvalue weighted by molar-refractivity contribution is 0.0783. The Labute approximate surface area is 200 Å². The number of unbranched alkanes of at least 4 members (excludes halogenated alkanes) is 1. The van der Waals surface area contributed by atoms with Crippen LogP contribution in [0.5, 0.6) is 5.88 Å². The molecule has 1 aromatic heterocycles. The highest BCUT2D eigenvalue weighted by Crippen LogP contribution is 2.29. The molecule has 0 aliphatic carbocycles. The molecule has 2 heterocycles. The quantitative estimate of drug-likeness (QED) is 0.519. The molecule has 0 bridgehead atoms. The van der Waals surface area contributed by atoms with E-state index in [0.29, 0.717) is 31.8 Å². The SMILES string of the molecule is CCCCc1nc(O)c(C(=O)N2CC[C@@H](c3ccccc3)C2)c(=O)n1[C@@H](CC)c1ccccc1. The molecule has 3 aromatic rings. The summed E-state index contributed by atoms with van der Waals surface area (Å²) in [6, 6.07) is 19.7. The van der Waals surface area contributed by atoms with Gasteiger partial charge in [-0.15, -0.1) is 0 Å². The smallest absolute Gasteiger partial charge is 0.270 e. The first-order chi connectivity index (χ1) is 16.5. The Bertz CT molecular complexity index is 1170. The topological polar surface area (TPSA) is 75.4 Å². The Morgan fingerprint density at radius 3 is 2.41 bits per heavy atom. The maximum absolute atomic E-state index is 13.8. The van der Waals surface area contributed by atoms with Crippen LogP contribution in [0.1, 0.15) is 78.8 Å². The van der Waals surface area contributed by atoms with Gasteiger partial charge >= 0.3 is 0 Å². The number of aromatic nitrogens is 2. The Morgan fingerprint density at radius 2 is 1.76 bits per heavy atom. The summed E-state index contributed by atoms with van der Waals surface area (Å²) in [6.45, 7) is 5.16. The zero-order valence-electron chi connectivity index (χ0n) is 20.0. The number of rotatable bonds is 8. The summed E-state index contributed by atoms with van der Waals surface area (Å²) in [7, 11) is 0. The molecule has 1 fully saturated rings. The van der Waals surface area contributed by atoms with Crippen molar-refractivity contribution in [2.24, 2.45) is 0 Å². The van der Waals surface area contributed by atoms with Gasteiger partial charge in [0.05, 0.1) is 6.04 Å². The van der Waals surface area contributed by atoms with Crippen molar-refractivity contribution < 1.29 is 9.90 Å². The molecular weight excluding hydrogens is 426 g/mol. The number of hydrogen-bond donors (Lipinski definition) is 1. The summed E-state index contributed by atoms with van der Waals surface area (Å²) in [6.07, 6.45) is 3.84. The average molecular weight is 460 g/mol. The van der Waals surface area contributed by atoms with E-state index in [0.717, 1.165) is 24.8 Å². The molecule has 34 heavy (non-hydrogen) atoms. The van der Waals surface area contributed by atoms with Crippen LogP contribution in [0.15, 0.2) is 65.5 Å². The molecule has 0 saturated carbocycles. The summed E-state index contributed by atoms with van der Waals surface area (Å²) >= 11 is 0. The standard InChI is InChI=1S/C28H33N3O3/c1-3-5-16-24-29-26(32)25(28(34)31(24)23(4-2)21-14-10-7-11-15-21)27(33)30-18-17-22(19-30)20-12-8-6-9-13-20/h6-15,22-23,32H,3-5,16-19H2,1-2H3/t22-,23+/m1/s1. The molecule has 4 rings (SSSR count). The minimum absolute atomic E-state index is 0.219. The fraction of sp³-hybridized carbons (Fsp3) is 0.393. The molecule has 0 radical (unpaired) electrons. The molecule has 6 nitrogen and oxygen atoms in total. The molecule has 1 N–H and O–H groups in total. The molecule has 2 aromatic carbocycles. The summed E-state index contributed by atoms with van der Waals surface area (Å²) in [5, 5.41) is 10.8. The van der Waals surface area contributed by atoms with Crippen molar-refractivity contribution in [3.8, 4) is 5.88 Å². The molecule has 178 valence electrons. The second-order valence-electron chi connectivity index (χ2n) is 8.99. The molecule has 1 aliphatic heterocycles. The van der Waals surface area contributed by atoms with Crippen molar-refractivity contribution >= 4 is 5.91 Å². The number of aryl methyl sites for hydroxylation is 1. The van der Waals surface area contributed by atoms with Gasteiger partial charge in [0.1, 0.15) is 5.82 Å². The Morgan fingerprint density at radius 1 is 1.09 bits per heavy atom. The van der Waals surface area contributed by atoms with E-state index in [1.54, 1.807) is 9.47 Å². The number of benzene rings is 2.